The summed E-state index contributed by atoms with van der Waals surface area (Å²) < 4.78 is 4.24. The minimum absolute atomic E-state index is 0.101. The van der Waals surface area contributed by atoms with Crippen LogP contribution in [0.3, 0.4) is 0 Å². The van der Waals surface area contributed by atoms with E-state index in [1.165, 1.54) is 7.11 Å². The Morgan fingerprint density at radius 2 is 1.88 bits per heavy atom. The Labute approximate surface area is 93.3 Å². The molecule has 0 atom stereocenters. The van der Waals surface area contributed by atoms with Crippen molar-refractivity contribution < 1.29 is 19.2 Å². The molecule has 16 heavy (non-hydrogen) atoms. The lowest BCUT2D eigenvalue weighted by Gasteiger charge is -2.04. The van der Waals surface area contributed by atoms with Crippen molar-refractivity contribution in [3.63, 3.8) is 0 Å². The zero-order valence-corrected chi connectivity index (χ0v) is 9.15. The molecule has 1 rings (SSSR count). The predicted molar refractivity (Wildman–Crippen MR) is 56.5 cm³/mol. The number of hydrogen-bond acceptors (Lipinski definition) is 4. The minimum atomic E-state index is -0.808. The number of amides is 1. The van der Waals surface area contributed by atoms with Crippen LogP contribution in [0.1, 0.15) is 11.1 Å². The molecule has 0 radical (unpaired) electrons. The highest BCUT2D eigenvalue weighted by Gasteiger charge is 2.07. The first-order valence-electron chi connectivity index (χ1n) is 4.71. The summed E-state index contributed by atoms with van der Waals surface area (Å²) in [6.07, 6.45) is -0.707. The molecular weight excluding hydrogens is 210 g/mol. The van der Waals surface area contributed by atoms with E-state index in [9.17, 15) is 9.59 Å². The minimum Gasteiger partial charge on any atom is -0.451 e. The Kier molecular flexibility index (Phi) is 4.32. The molecule has 86 valence electrons. The van der Waals surface area contributed by atoms with Gasteiger partial charge in [-0.2, -0.15) is 0 Å². The molecule has 0 saturated heterocycles. The summed E-state index contributed by atoms with van der Waals surface area (Å²) in [5.74, 6) is -0.547. The fraction of sp³-hybridized carbons (Fsp3) is 0.273. The standard InChI is InChI=1S/C11H13NO4/c1-8-3-5-9(6-4-8)7-10(13)16-12-11(14)15-2/h3-6H,7H2,1-2H3,(H,12,14). The van der Waals surface area contributed by atoms with E-state index in [2.05, 4.69) is 9.57 Å². The molecule has 0 aliphatic heterocycles. The van der Waals surface area contributed by atoms with Crippen LogP contribution in [0.4, 0.5) is 4.79 Å². The molecule has 5 heteroatoms. The van der Waals surface area contributed by atoms with Gasteiger partial charge >= 0.3 is 12.1 Å². The normalized spacial score (nSPS) is 9.38. The smallest absolute Gasteiger partial charge is 0.440 e. The summed E-state index contributed by atoms with van der Waals surface area (Å²) in [4.78, 5) is 26.3. The monoisotopic (exact) mass is 223 g/mol. The van der Waals surface area contributed by atoms with E-state index in [0.29, 0.717) is 0 Å². The van der Waals surface area contributed by atoms with Crippen molar-refractivity contribution in [3.05, 3.63) is 35.4 Å². The molecule has 5 nitrogen and oxygen atoms in total. The van der Waals surface area contributed by atoms with Gasteiger partial charge in [-0.15, -0.1) is 5.48 Å². The predicted octanol–water partition coefficient (Wildman–Crippen LogP) is 1.35. The van der Waals surface area contributed by atoms with Crippen LogP contribution in [-0.4, -0.2) is 19.2 Å². The van der Waals surface area contributed by atoms with Crippen LogP contribution in [0.5, 0.6) is 0 Å². The molecule has 1 N–H and O–H groups in total. The summed E-state index contributed by atoms with van der Waals surface area (Å²) in [6, 6.07) is 7.45. The molecule has 0 aliphatic carbocycles. The molecule has 0 saturated carbocycles. The molecule has 0 spiro atoms. The van der Waals surface area contributed by atoms with Crippen LogP contribution in [0.25, 0.3) is 0 Å². The van der Waals surface area contributed by atoms with E-state index in [4.69, 9.17) is 0 Å². The molecule has 0 fully saturated rings. The van der Waals surface area contributed by atoms with Gasteiger partial charge in [-0.1, -0.05) is 29.8 Å². The van der Waals surface area contributed by atoms with Crippen LogP contribution in [0.2, 0.25) is 0 Å². The fourth-order valence-corrected chi connectivity index (χ4v) is 1.05. The van der Waals surface area contributed by atoms with Gasteiger partial charge in [0.2, 0.25) is 0 Å². The van der Waals surface area contributed by atoms with Gasteiger partial charge in [0.1, 0.15) is 0 Å². The molecule has 1 aromatic carbocycles. The number of nitrogens with one attached hydrogen (secondary N) is 1. The van der Waals surface area contributed by atoms with Gasteiger partial charge in [-0.05, 0) is 12.5 Å². The number of hydroxylamine groups is 1. The first-order valence-corrected chi connectivity index (χ1v) is 4.71. The SMILES string of the molecule is COC(=O)NOC(=O)Cc1ccc(C)cc1. The summed E-state index contributed by atoms with van der Waals surface area (Å²) in [5, 5.41) is 0. The van der Waals surface area contributed by atoms with Gasteiger partial charge < -0.3 is 9.57 Å². The van der Waals surface area contributed by atoms with Crippen molar-refractivity contribution in [2.75, 3.05) is 7.11 Å². The maximum absolute atomic E-state index is 11.2. The van der Waals surface area contributed by atoms with E-state index in [1.54, 1.807) is 0 Å². The van der Waals surface area contributed by atoms with Crippen LogP contribution in [-0.2, 0) is 20.8 Å². The van der Waals surface area contributed by atoms with Crippen LogP contribution in [0, 0.1) is 6.92 Å². The van der Waals surface area contributed by atoms with E-state index < -0.39 is 12.1 Å². The average Bonchev–Trinajstić information content (AvgIpc) is 2.29. The topological polar surface area (TPSA) is 64.6 Å². The van der Waals surface area contributed by atoms with E-state index in [0.717, 1.165) is 11.1 Å². The quantitative estimate of drug-likeness (QED) is 0.769. The Balaban J connectivity index is 2.40. The Bertz CT molecular complexity index is 372. The highest BCUT2D eigenvalue weighted by molar-refractivity contribution is 5.75. The number of carbonyl (C=O) groups excluding carboxylic acids is 2. The van der Waals surface area contributed by atoms with Crippen molar-refractivity contribution in [2.24, 2.45) is 0 Å². The van der Waals surface area contributed by atoms with Crippen molar-refractivity contribution in [2.45, 2.75) is 13.3 Å². The summed E-state index contributed by atoms with van der Waals surface area (Å²) >= 11 is 0. The molecular formula is C11H13NO4. The molecule has 0 bridgehead atoms. The maximum atomic E-state index is 11.2. The fourth-order valence-electron chi connectivity index (χ4n) is 1.05. The van der Waals surface area contributed by atoms with Crippen LogP contribution < -0.4 is 5.48 Å². The van der Waals surface area contributed by atoms with Crippen molar-refractivity contribution in [1.29, 1.82) is 0 Å². The second-order valence-corrected chi connectivity index (χ2v) is 3.23. The third kappa shape index (κ3) is 4.00. The van der Waals surface area contributed by atoms with E-state index >= 15 is 0 Å². The Morgan fingerprint density at radius 3 is 2.44 bits per heavy atom. The van der Waals surface area contributed by atoms with Crippen LogP contribution in [0.15, 0.2) is 24.3 Å². The van der Waals surface area contributed by atoms with E-state index in [-0.39, 0.29) is 6.42 Å². The number of hydrogen-bond donors (Lipinski definition) is 1. The lowest BCUT2D eigenvalue weighted by atomic mass is 10.1. The average molecular weight is 223 g/mol. The first-order chi connectivity index (χ1) is 7.61. The number of rotatable bonds is 2. The van der Waals surface area contributed by atoms with Crippen molar-refractivity contribution >= 4 is 12.1 Å². The first kappa shape index (κ1) is 12.0. The second-order valence-electron chi connectivity index (χ2n) is 3.23. The van der Waals surface area contributed by atoms with Gasteiger partial charge in [-0.3, -0.25) is 0 Å². The lowest BCUT2D eigenvalue weighted by molar-refractivity contribution is -0.148. The number of ether oxygens (including phenoxy) is 1. The van der Waals surface area contributed by atoms with Gasteiger partial charge in [-0.25, -0.2) is 9.59 Å². The third-order valence-electron chi connectivity index (χ3n) is 1.90. The second kappa shape index (κ2) is 5.75. The Hall–Kier alpha value is -2.04. The molecule has 0 unspecified atom stereocenters. The largest absolute Gasteiger partial charge is 0.451 e. The summed E-state index contributed by atoms with van der Waals surface area (Å²) in [5.41, 5.74) is 3.79. The molecule has 0 aromatic heterocycles. The van der Waals surface area contributed by atoms with Crippen molar-refractivity contribution in [3.8, 4) is 0 Å². The third-order valence-corrected chi connectivity index (χ3v) is 1.90. The lowest BCUT2D eigenvalue weighted by Crippen LogP contribution is -2.27. The summed E-state index contributed by atoms with van der Waals surface area (Å²) in [7, 11) is 1.18. The molecule has 0 aliphatic rings. The van der Waals surface area contributed by atoms with Gasteiger partial charge in [0.05, 0.1) is 13.5 Å². The van der Waals surface area contributed by atoms with E-state index in [1.807, 2.05) is 36.7 Å². The highest BCUT2D eigenvalue weighted by Crippen LogP contribution is 2.04. The summed E-state index contributed by atoms with van der Waals surface area (Å²) in [6.45, 7) is 1.96. The number of aryl methyl sites for hydroxylation is 1. The Morgan fingerprint density at radius 1 is 1.25 bits per heavy atom. The number of carbonyl (C=O) groups is 2. The number of methoxy groups -OCH3 is 1. The van der Waals surface area contributed by atoms with Crippen LogP contribution >= 0.6 is 0 Å². The molecule has 0 heterocycles. The molecule has 1 amide bonds. The zero-order valence-electron chi connectivity index (χ0n) is 9.15. The van der Waals surface area contributed by atoms with Crippen molar-refractivity contribution in [1.82, 2.24) is 5.48 Å². The van der Waals surface area contributed by atoms with Gasteiger partial charge in [0, 0.05) is 0 Å². The maximum Gasteiger partial charge on any atom is 0.440 e. The zero-order chi connectivity index (χ0) is 12.0. The van der Waals surface area contributed by atoms with Gasteiger partial charge in [0.25, 0.3) is 0 Å². The number of benzene rings is 1. The highest BCUT2D eigenvalue weighted by atomic mass is 16.7. The molecule has 1 aromatic rings. The van der Waals surface area contributed by atoms with Gasteiger partial charge in [0.15, 0.2) is 0 Å².